The minimum atomic E-state index is -0.672. The van der Waals surface area contributed by atoms with Crippen LogP contribution in [0.1, 0.15) is 13.8 Å². The molecule has 0 aliphatic heterocycles. The van der Waals surface area contributed by atoms with Gasteiger partial charge in [-0.25, -0.2) is 0 Å². The van der Waals surface area contributed by atoms with E-state index in [-0.39, 0.29) is 18.4 Å². The Balaban J connectivity index is 2.98. The van der Waals surface area contributed by atoms with E-state index in [1.807, 2.05) is 13.8 Å². The first-order chi connectivity index (χ1) is 9.83. The molecule has 0 amide bonds. The molecule has 0 saturated heterocycles. The second kappa shape index (κ2) is 7.80. The number of benzene rings is 1. The van der Waals surface area contributed by atoms with Crippen LogP contribution in [0.4, 0.5) is 11.4 Å². The van der Waals surface area contributed by atoms with Crippen molar-refractivity contribution in [3.05, 3.63) is 28.3 Å². The van der Waals surface area contributed by atoms with Gasteiger partial charge >= 0.3 is 0 Å². The highest BCUT2D eigenvalue weighted by molar-refractivity contribution is 5.57. The van der Waals surface area contributed by atoms with Crippen LogP contribution >= 0.6 is 0 Å². The fourth-order valence-corrected chi connectivity index (χ4v) is 1.90. The van der Waals surface area contributed by atoms with Crippen molar-refractivity contribution >= 4 is 11.4 Å². The molecule has 0 spiro atoms. The molecule has 1 atom stereocenters. The summed E-state index contributed by atoms with van der Waals surface area (Å²) in [6.45, 7) is 4.21. The molecule has 0 aliphatic carbocycles. The van der Waals surface area contributed by atoms with Gasteiger partial charge in [-0.3, -0.25) is 10.1 Å². The maximum atomic E-state index is 11.0. The third-order valence-corrected chi connectivity index (χ3v) is 2.74. The topological polar surface area (TPSA) is 85.1 Å². The van der Waals surface area contributed by atoms with Crippen LogP contribution in [0, 0.1) is 10.1 Å². The van der Waals surface area contributed by atoms with E-state index in [9.17, 15) is 15.2 Å². The van der Waals surface area contributed by atoms with Crippen molar-refractivity contribution in [1.82, 2.24) is 0 Å². The van der Waals surface area contributed by atoms with Gasteiger partial charge in [-0.1, -0.05) is 0 Å². The zero-order chi connectivity index (χ0) is 16.0. The van der Waals surface area contributed by atoms with Crippen LogP contribution in [0.25, 0.3) is 0 Å². The molecule has 118 valence electrons. The van der Waals surface area contributed by atoms with Crippen molar-refractivity contribution in [1.29, 1.82) is 0 Å². The van der Waals surface area contributed by atoms with Crippen molar-refractivity contribution < 1.29 is 19.5 Å². The highest BCUT2D eigenvalue weighted by atomic mass is 16.6. The van der Waals surface area contributed by atoms with Gasteiger partial charge in [-0.2, -0.15) is 0 Å². The second-order valence-corrected chi connectivity index (χ2v) is 5.10. The van der Waals surface area contributed by atoms with Gasteiger partial charge in [-0.05, 0) is 13.8 Å². The number of aliphatic hydroxyl groups excluding tert-OH is 1. The lowest BCUT2D eigenvalue weighted by molar-refractivity contribution is -0.384. The Bertz CT molecular complexity index is 478. The minimum Gasteiger partial charge on any atom is -0.491 e. The summed E-state index contributed by atoms with van der Waals surface area (Å²) in [5.74, 6) is 0.433. The number of nitro benzene ring substituents is 1. The van der Waals surface area contributed by atoms with Crippen molar-refractivity contribution in [2.24, 2.45) is 0 Å². The van der Waals surface area contributed by atoms with Gasteiger partial charge in [0.15, 0.2) is 0 Å². The van der Waals surface area contributed by atoms with Crippen LogP contribution in [0.15, 0.2) is 18.2 Å². The number of rotatable bonds is 8. The fraction of sp³-hybridized carbons (Fsp3) is 0.571. The summed E-state index contributed by atoms with van der Waals surface area (Å²) < 4.78 is 10.4. The van der Waals surface area contributed by atoms with Crippen molar-refractivity contribution in [3.8, 4) is 5.75 Å². The van der Waals surface area contributed by atoms with Gasteiger partial charge in [-0.15, -0.1) is 0 Å². The van der Waals surface area contributed by atoms with Crippen LogP contribution in [0.5, 0.6) is 5.75 Å². The van der Waals surface area contributed by atoms with Crippen LogP contribution in [0.2, 0.25) is 0 Å². The molecule has 0 heterocycles. The molecule has 1 rings (SSSR count). The summed E-state index contributed by atoms with van der Waals surface area (Å²) in [7, 11) is 3.25. The SMILES string of the molecule is COCC(O)CN(C)c1cc(OC(C)C)cc([N+](=O)[O-])c1. The number of methoxy groups -OCH3 is 1. The molecule has 0 aliphatic rings. The minimum absolute atomic E-state index is 0.0452. The van der Waals surface area contributed by atoms with E-state index in [4.69, 9.17) is 9.47 Å². The summed E-state index contributed by atoms with van der Waals surface area (Å²) in [5, 5.41) is 20.7. The molecule has 21 heavy (non-hydrogen) atoms. The van der Waals surface area contributed by atoms with Gasteiger partial charge in [0, 0.05) is 38.5 Å². The number of anilines is 1. The number of hydrogen-bond donors (Lipinski definition) is 1. The van der Waals surface area contributed by atoms with E-state index < -0.39 is 11.0 Å². The Hall–Kier alpha value is -1.86. The first-order valence-electron chi connectivity index (χ1n) is 6.67. The van der Waals surface area contributed by atoms with Crippen molar-refractivity contribution in [2.45, 2.75) is 26.1 Å². The molecule has 0 bridgehead atoms. The number of ether oxygens (including phenoxy) is 2. The van der Waals surface area contributed by atoms with Gasteiger partial charge in [0.1, 0.15) is 5.75 Å². The molecule has 7 heteroatoms. The normalized spacial score (nSPS) is 12.3. The molecule has 0 saturated carbocycles. The largest absolute Gasteiger partial charge is 0.491 e. The maximum Gasteiger partial charge on any atom is 0.275 e. The van der Waals surface area contributed by atoms with E-state index in [2.05, 4.69) is 0 Å². The standard InChI is InChI=1S/C14H22N2O5/c1-10(2)21-14-6-11(5-12(7-14)16(18)19)15(3)8-13(17)9-20-4/h5-7,10,13,17H,8-9H2,1-4H3. The number of likely N-dealkylation sites (N-methyl/N-ethyl adjacent to an activating group) is 1. The predicted octanol–water partition coefficient (Wildman–Crippen LogP) is 1.83. The number of non-ortho nitro benzene ring substituents is 1. The summed E-state index contributed by atoms with van der Waals surface area (Å²) in [4.78, 5) is 12.3. The lowest BCUT2D eigenvalue weighted by Gasteiger charge is -2.23. The second-order valence-electron chi connectivity index (χ2n) is 5.10. The number of hydrogen-bond acceptors (Lipinski definition) is 6. The Morgan fingerprint density at radius 2 is 2.05 bits per heavy atom. The number of nitrogens with zero attached hydrogens (tertiary/aromatic N) is 2. The lowest BCUT2D eigenvalue weighted by Crippen LogP contribution is -2.31. The smallest absolute Gasteiger partial charge is 0.275 e. The van der Waals surface area contributed by atoms with E-state index >= 15 is 0 Å². The van der Waals surface area contributed by atoms with E-state index in [0.717, 1.165) is 0 Å². The van der Waals surface area contributed by atoms with E-state index in [1.54, 1.807) is 18.0 Å². The zero-order valence-corrected chi connectivity index (χ0v) is 12.8. The summed E-state index contributed by atoms with van der Waals surface area (Å²) in [6, 6.07) is 4.56. The van der Waals surface area contributed by atoms with Crippen molar-refractivity contribution in [2.75, 3.05) is 32.2 Å². The molecular formula is C14H22N2O5. The van der Waals surface area contributed by atoms with Gasteiger partial charge in [0.25, 0.3) is 5.69 Å². The highest BCUT2D eigenvalue weighted by Crippen LogP contribution is 2.28. The summed E-state index contributed by atoms with van der Waals surface area (Å²) >= 11 is 0. The van der Waals surface area contributed by atoms with Crippen LogP contribution in [-0.2, 0) is 4.74 Å². The van der Waals surface area contributed by atoms with Crippen molar-refractivity contribution in [3.63, 3.8) is 0 Å². The lowest BCUT2D eigenvalue weighted by atomic mass is 10.2. The average molecular weight is 298 g/mol. The molecule has 1 N–H and O–H groups in total. The highest BCUT2D eigenvalue weighted by Gasteiger charge is 2.15. The summed E-state index contributed by atoms with van der Waals surface area (Å²) in [6.07, 6.45) is -0.752. The summed E-state index contributed by atoms with van der Waals surface area (Å²) in [5.41, 5.74) is 0.561. The molecule has 1 aromatic carbocycles. The van der Waals surface area contributed by atoms with E-state index in [1.165, 1.54) is 19.2 Å². The molecule has 0 fully saturated rings. The first-order valence-corrected chi connectivity index (χ1v) is 6.67. The van der Waals surface area contributed by atoms with Crippen LogP contribution in [-0.4, -0.2) is 49.5 Å². The molecular weight excluding hydrogens is 276 g/mol. The molecule has 7 nitrogen and oxygen atoms in total. The Morgan fingerprint density at radius 3 is 2.57 bits per heavy atom. The van der Waals surface area contributed by atoms with Crippen LogP contribution in [0.3, 0.4) is 0 Å². The molecule has 1 aromatic rings. The predicted molar refractivity (Wildman–Crippen MR) is 80.0 cm³/mol. The molecule has 1 unspecified atom stereocenters. The third-order valence-electron chi connectivity index (χ3n) is 2.74. The monoisotopic (exact) mass is 298 g/mol. The third kappa shape index (κ3) is 5.57. The number of aliphatic hydroxyl groups is 1. The van der Waals surface area contributed by atoms with Crippen LogP contribution < -0.4 is 9.64 Å². The quantitative estimate of drug-likeness (QED) is 0.582. The Labute approximate surface area is 124 Å². The van der Waals surface area contributed by atoms with Gasteiger partial charge in [0.2, 0.25) is 0 Å². The Morgan fingerprint density at radius 1 is 1.38 bits per heavy atom. The first kappa shape index (κ1) is 17.2. The number of nitro groups is 1. The maximum absolute atomic E-state index is 11.0. The van der Waals surface area contributed by atoms with Gasteiger partial charge in [0.05, 0.1) is 29.8 Å². The fourth-order valence-electron chi connectivity index (χ4n) is 1.90. The molecule has 0 radical (unpaired) electrons. The van der Waals surface area contributed by atoms with Gasteiger partial charge < -0.3 is 19.5 Å². The average Bonchev–Trinajstić information content (AvgIpc) is 2.37. The zero-order valence-electron chi connectivity index (χ0n) is 12.8. The Kier molecular flexibility index (Phi) is 6.39. The molecule has 0 aromatic heterocycles. The van der Waals surface area contributed by atoms with E-state index in [0.29, 0.717) is 18.0 Å².